The number of sulfonamides is 1. The number of aromatic nitrogens is 2. The lowest BCUT2D eigenvalue weighted by Gasteiger charge is -2.06. The summed E-state index contributed by atoms with van der Waals surface area (Å²) in [5.74, 6) is 0.777. The molecular formula is C13H16N4O2S. The van der Waals surface area contributed by atoms with Crippen LogP contribution in [-0.2, 0) is 16.4 Å². The molecule has 1 heterocycles. The maximum Gasteiger partial charge on any atom is 0.238 e. The Morgan fingerprint density at radius 3 is 2.50 bits per heavy atom. The van der Waals surface area contributed by atoms with E-state index in [2.05, 4.69) is 15.3 Å². The zero-order valence-electron chi connectivity index (χ0n) is 11.1. The van der Waals surface area contributed by atoms with Gasteiger partial charge in [-0.15, -0.1) is 0 Å². The van der Waals surface area contributed by atoms with Crippen molar-refractivity contribution in [2.45, 2.75) is 18.2 Å². The summed E-state index contributed by atoms with van der Waals surface area (Å²) in [5, 5.41) is 8.23. The molecule has 7 heteroatoms. The van der Waals surface area contributed by atoms with E-state index in [9.17, 15) is 8.42 Å². The quantitative estimate of drug-likeness (QED) is 0.859. The monoisotopic (exact) mass is 292 g/mol. The lowest BCUT2D eigenvalue weighted by molar-refractivity contribution is 0.598. The minimum Gasteiger partial charge on any atom is -0.370 e. The molecule has 0 aliphatic rings. The molecule has 0 saturated carbocycles. The molecule has 0 saturated heterocycles. The molecule has 0 radical (unpaired) electrons. The molecule has 0 aliphatic carbocycles. The van der Waals surface area contributed by atoms with Crippen LogP contribution in [-0.4, -0.2) is 24.9 Å². The van der Waals surface area contributed by atoms with Crippen molar-refractivity contribution in [3.63, 3.8) is 0 Å². The summed E-state index contributed by atoms with van der Waals surface area (Å²) in [6.07, 6.45) is 2.27. The van der Waals surface area contributed by atoms with Gasteiger partial charge in [0.2, 0.25) is 10.0 Å². The number of primary sulfonamides is 1. The molecule has 1 aromatic heterocycles. The molecule has 1 aromatic carbocycles. The number of hydrogen-bond acceptors (Lipinski definition) is 5. The Bertz CT molecular complexity index is 684. The fraction of sp³-hybridized carbons (Fsp3) is 0.231. The largest absolute Gasteiger partial charge is 0.370 e. The molecule has 0 atom stereocenters. The fourth-order valence-corrected chi connectivity index (χ4v) is 2.25. The summed E-state index contributed by atoms with van der Waals surface area (Å²) >= 11 is 0. The summed E-state index contributed by atoms with van der Waals surface area (Å²) in [6.45, 7) is 2.60. The zero-order valence-corrected chi connectivity index (χ0v) is 11.9. The molecule has 0 unspecified atom stereocenters. The Morgan fingerprint density at radius 2 is 1.90 bits per heavy atom. The van der Waals surface area contributed by atoms with E-state index in [0.29, 0.717) is 6.54 Å². The highest BCUT2D eigenvalue weighted by molar-refractivity contribution is 7.89. The molecule has 0 amide bonds. The van der Waals surface area contributed by atoms with Gasteiger partial charge in [-0.25, -0.2) is 23.5 Å². The number of nitrogens with one attached hydrogen (secondary N) is 1. The first kappa shape index (κ1) is 14.4. The van der Waals surface area contributed by atoms with Gasteiger partial charge in [-0.2, -0.15) is 0 Å². The zero-order chi connectivity index (χ0) is 14.6. The van der Waals surface area contributed by atoms with Gasteiger partial charge < -0.3 is 5.32 Å². The number of hydrogen-bond donors (Lipinski definition) is 2. The Hall–Kier alpha value is -1.99. The van der Waals surface area contributed by atoms with Crippen LogP contribution in [0.1, 0.15) is 11.3 Å². The Balaban J connectivity index is 1.92. The molecule has 6 nitrogen and oxygen atoms in total. The SMILES string of the molecule is Cc1cc(NCCc2ccc(S(N)(=O)=O)cc2)ncn1. The van der Waals surface area contributed by atoms with Crippen molar-refractivity contribution in [1.82, 2.24) is 9.97 Å². The molecule has 2 rings (SSSR count). The molecule has 0 spiro atoms. The standard InChI is InChI=1S/C13H16N4O2S/c1-10-8-13(17-9-16-10)15-7-6-11-2-4-12(5-3-11)20(14,18)19/h2-5,8-9H,6-7H2,1H3,(H2,14,18,19)(H,15,16,17). The second kappa shape index (κ2) is 5.98. The topological polar surface area (TPSA) is 98.0 Å². The van der Waals surface area contributed by atoms with E-state index in [0.717, 1.165) is 23.5 Å². The van der Waals surface area contributed by atoms with Gasteiger partial charge in [-0.05, 0) is 31.0 Å². The molecule has 0 aliphatic heterocycles. The van der Waals surface area contributed by atoms with Gasteiger partial charge in [0.05, 0.1) is 4.90 Å². The van der Waals surface area contributed by atoms with E-state index in [1.54, 1.807) is 12.1 Å². The predicted octanol–water partition coefficient (Wildman–Crippen LogP) is 1.09. The predicted molar refractivity (Wildman–Crippen MR) is 76.8 cm³/mol. The fourth-order valence-electron chi connectivity index (χ4n) is 1.73. The maximum atomic E-state index is 11.1. The van der Waals surface area contributed by atoms with Crippen molar-refractivity contribution < 1.29 is 8.42 Å². The van der Waals surface area contributed by atoms with Gasteiger partial charge in [0.25, 0.3) is 0 Å². The summed E-state index contributed by atoms with van der Waals surface area (Å²) in [5.41, 5.74) is 1.93. The van der Waals surface area contributed by atoms with Crippen LogP contribution < -0.4 is 10.5 Å². The Morgan fingerprint density at radius 1 is 1.20 bits per heavy atom. The summed E-state index contributed by atoms with van der Waals surface area (Å²) in [6, 6.07) is 8.41. The van der Waals surface area contributed by atoms with E-state index >= 15 is 0 Å². The van der Waals surface area contributed by atoms with Crippen molar-refractivity contribution in [3.05, 3.63) is 47.9 Å². The van der Waals surface area contributed by atoms with Gasteiger partial charge in [-0.3, -0.25) is 0 Å². The minimum atomic E-state index is -3.62. The highest BCUT2D eigenvalue weighted by Crippen LogP contribution is 2.09. The van der Waals surface area contributed by atoms with Gasteiger partial charge in [0, 0.05) is 18.3 Å². The first-order chi connectivity index (χ1) is 9.45. The number of aryl methyl sites for hydroxylation is 1. The molecule has 106 valence electrons. The van der Waals surface area contributed by atoms with Crippen LogP contribution in [0.2, 0.25) is 0 Å². The first-order valence-corrected chi connectivity index (χ1v) is 7.64. The third-order valence-corrected chi connectivity index (χ3v) is 3.70. The van der Waals surface area contributed by atoms with Crippen molar-refractivity contribution in [2.24, 2.45) is 5.14 Å². The molecule has 2 aromatic rings. The van der Waals surface area contributed by atoms with Crippen LogP contribution in [0.5, 0.6) is 0 Å². The molecule has 0 bridgehead atoms. The van der Waals surface area contributed by atoms with Gasteiger partial charge >= 0.3 is 0 Å². The molecule has 20 heavy (non-hydrogen) atoms. The highest BCUT2D eigenvalue weighted by Gasteiger charge is 2.06. The van der Waals surface area contributed by atoms with E-state index in [-0.39, 0.29) is 4.90 Å². The summed E-state index contributed by atoms with van der Waals surface area (Å²) in [7, 11) is -3.62. The second-order valence-electron chi connectivity index (χ2n) is 4.41. The Kier molecular flexibility index (Phi) is 4.31. The van der Waals surface area contributed by atoms with Crippen LogP contribution >= 0.6 is 0 Å². The lowest BCUT2D eigenvalue weighted by atomic mass is 10.1. The average molecular weight is 292 g/mol. The second-order valence-corrected chi connectivity index (χ2v) is 5.97. The Labute approximate surface area is 118 Å². The summed E-state index contributed by atoms with van der Waals surface area (Å²) < 4.78 is 22.3. The van der Waals surface area contributed by atoms with Crippen LogP contribution in [0, 0.1) is 6.92 Å². The molecule has 0 fully saturated rings. The van der Waals surface area contributed by atoms with E-state index in [1.165, 1.54) is 18.5 Å². The average Bonchev–Trinajstić information content (AvgIpc) is 2.38. The lowest BCUT2D eigenvalue weighted by Crippen LogP contribution is -2.12. The third kappa shape index (κ3) is 4.01. The van der Waals surface area contributed by atoms with Crippen molar-refractivity contribution in [3.8, 4) is 0 Å². The first-order valence-electron chi connectivity index (χ1n) is 6.09. The smallest absolute Gasteiger partial charge is 0.238 e. The third-order valence-electron chi connectivity index (χ3n) is 2.78. The van der Waals surface area contributed by atoms with Crippen LogP contribution in [0.15, 0.2) is 41.6 Å². The minimum absolute atomic E-state index is 0.126. The highest BCUT2D eigenvalue weighted by atomic mass is 32.2. The number of rotatable bonds is 5. The number of nitrogens with two attached hydrogens (primary N) is 1. The molecule has 3 N–H and O–H groups in total. The normalized spacial score (nSPS) is 11.3. The number of nitrogens with zero attached hydrogens (tertiary/aromatic N) is 2. The van der Waals surface area contributed by atoms with Gasteiger partial charge in [0.15, 0.2) is 0 Å². The van der Waals surface area contributed by atoms with E-state index < -0.39 is 10.0 Å². The van der Waals surface area contributed by atoms with E-state index in [4.69, 9.17) is 5.14 Å². The van der Waals surface area contributed by atoms with Crippen LogP contribution in [0.25, 0.3) is 0 Å². The van der Waals surface area contributed by atoms with Crippen molar-refractivity contribution in [2.75, 3.05) is 11.9 Å². The van der Waals surface area contributed by atoms with Crippen LogP contribution in [0.3, 0.4) is 0 Å². The van der Waals surface area contributed by atoms with Gasteiger partial charge in [0.1, 0.15) is 12.1 Å². The number of benzene rings is 1. The maximum absolute atomic E-state index is 11.1. The molecular weight excluding hydrogens is 276 g/mol. The van der Waals surface area contributed by atoms with E-state index in [1.807, 2.05) is 13.0 Å². The summed E-state index contributed by atoms with van der Waals surface area (Å²) in [4.78, 5) is 8.24. The van der Waals surface area contributed by atoms with Crippen LogP contribution in [0.4, 0.5) is 5.82 Å². The van der Waals surface area contributed by atoms with Crippen molar-refractivity contribution in [1.29, 1.82) is 0 Å². The number of anilines is 1. The van der Waals surface area contributed by atoms with Gasteiger partial charge in [-0.1, -0.05) is 12.1 Å². The van der Waals surface area contributed by atoms with Crippen molar-refractivity contribution >= 4 is 15.8 Å².